The van der Waals surface area contributed by atoms with Crippen molar-refractivity contribution in [3.8, 4) is 0 Å². The molecule has 62 valence electrons. The molecule has 1 saturated heterocycles. The van der Waals surface area contributed by atoms with Crippen LogP contribution in [0.2, 0.25) is 0 Å². The second kappa shape index (κ2) is 2.21. The van der Waals surface area contributed by atoms with Gasteiger partial charge in [0.15, 0.2) is 0 Å². The van der Waals surface area contributed by atoms with Crippen molar-refractivity contribution in [2.24, 2.45) is 5.41 Å². The fourth-order valence-electron chi connectivity index (χ4n) is 2.37. The Hall–Kier alpha value is -0.570. The smallest absolute Gasteiger partial charge is 0.227 e. The van der Waals surface area contributed by atoms with E-state index in [0.29, 0.717) is 6.04 Å². The molecular weight excluding hydrogens is 140 g/mol. The number of amides is 1. The lowest BCUT2D eigenvalue weighted by molar-refractivity contribution is -0.128. The lowest BCUT2D eigenvalue weighted by Crippen LogP contribution is -2.41. The van der Waals surface area contributed by atoms with Crippen molar-refractivity contribution in [1.82, 2.24) is 10.6 Å². The van der Waals surface area contributed by atoms with Crippen LogP contribution < -0.4 is 10.6 Å². The summed E-state index contributed by atoms with van der Waals surface area (Å²) in [6, 6.07) is 0.482. The third kappa shape index (κ3) is 0.872. The van der Waals surface area contributed by atoms with Gasteiger partial charge in [0, 0.05) is 12.6 Å². The Bertz CT molecular complexity index is 193. The van der Waals surface area contributed by atoms with Gasteiger partial charge in [-0.2, -0.15) is 0 Å². The third-order valence-corrected chi connectivity index (χ3v) is 2.94. The Balaban J connectivity index is 2.16. The predicted octanol–water partition coefficient (Wildman–Crippen LogP) is -0.126. The van der Waals surface area contributed by atoms with E-state index in [4.69, 9.17) is 0 Å². The Labute approximate surface area is 66.5 Å². The van der Waals surface area contributed by atoms with Gasteiger partial charge in [0.1, 0.15) is 0 Å². The molecule has 0 radical (unpaired) electrons. The standard InChI is InChI=1S/C8H14N2O/c1-9-5-8-3-2-6(4-8)10-7(8)11/h6,9H,2-5H2,1H3,(H,10,11)/t6-,8+/m1/s1. The zero-order chi connectivity index (χ0) is 7.90. The number of rotatable bonds is 2. The van der Waals surface area contributed by atoms with Crippen molar-refractivity contribution in [2.75, 3.05) is 13.6 Å². The molecule has 1 amide bonds. The fourth-order valence-corrected chi connectivity index (χ4v) is 2.37. The Morgan fingerprint density at radius 1 is 1.82 bits per heavy atom. The van der Waals surface area contributed by atoms with Crippen LogP contribution in [0.3, 0.4) is 0 Å². The predicted molar refractivity (Wildman–Crippen MR) is 42.1 cm³/mol. The van der Waals surface area contributed by atoms with Gasteiger partial charge in [0.25, 0.3) is 0 Å². The molecule has 1 saturated carbocycles. The first-order valence-corrected chi connectivity index (χ1v) is 4.22. The molecule has 3 heteroatoms. The highest BCUT2D eigenvalue weighted by Gasteiger charge is 2.51. The number of nitrogens with one attached hydrogen (secondary N) is 2. The van der Waals surface area contributed by atoms with E-state index in [-0.39, 0.29) is 11.3 Å². The minimum atomic E-state index is -0.0422. The molecular formula is C8H14N2O. The van der Waals surface area contributed by atoms with Crippen molar-refractivity contribution in [3.05, 3.63) is 0 Å². The highest BCUT2D eigenvalue weighted by molar-refractivity contribution is 5.86. The number of piperidine rings is 1. The fraction of sp³-hybridized carbons (Fsp3) is 0.875. The van der Waals surface area contributed by atoms with Gasteiger partial charge >= 0.3 is 0 Å². The lowest BCUT2D eigenvalue weighted by atomic mass is 9.87. The average Bonchev–Trinajstić information content (AvgIpc) is 2.45. The van der Waals surface area contributed by atoms with E-state index < -0.39 is 0 Å². The summed E-state index contributed by atoms with van der Waals surface area (Å²) in [6.07, 6.45) is 3.30. The summed E-state index contributed by atoms with van der Waals surface area (Å²) in [6.45, 7) is 0.843. The summed E-state index contributed by atoms with van der Waals surface area (Å²) < 4.78 is 0. The van der Waals surface area contributed by atoms with Crippen LogP contribution in [-0.2, 0) is 4.79 Å². The van der Waals surface area contributed by atoms with Gasteiger partial charge < -0.3 is 10.6 Å². The molecule has 0 aromatic heterocycles. The molecule has 2 aliphatic rings. The van der Waals surface area contributed by atoms with Crippen LogP contribution in [0.15, 0.2) is 0 Å². The van der Waals surface area contributed by atoms with Crippen molar-refractivity contribution >= 4 is 5.91 Å². The molecule has 2 fully saturated rings. The van der Waals surface area contributed by atoms with E-state index in [1.807, 2.05) is 7.05 Å². The molecule has 0 spiro atoms. The monoisotopic (exact) mass is 154 g/mol. The van der Waals surface area contributed by atoms with Gasteiger partial charge in [-0.15, -0.1) is 0 Å². The first-order chi connectivity index (χ1) is 5.27. The molecule has 3 nitrogen and oxygen atoms in total. The number of fused-ring (bicyclic) bond motifs is 2. The van der Waals surface area contributed by atoms with E-state index >= 15 is 0 Å². The molecule has 11 heavy (non-hydrogen) atoms. The van der Waals surface area contributed by atoms with Crippen LogP contribution in [0.1, 0.15) is 19.3 Å². The van der Waals surface area contributed by atoms with E-state index in [1.54, 1.807) is 0 Å². The Kier molecular flexibility index (Phi) is 1.42. The van der Waals surface area contributed by atoms with Crippen LogP contribution in [-0.4, -0.2) is 25.5 Å². The van der Waals surface area contributed by atoms with Gasteiger partial charge in [0.2, 0.25) is 5.91 Å². The van der Waals surface area contributed by atoms with Gasteiger partial charge in [0.05, 0.1) is 5.41 Å². The molecule has 0 aromatic carbocycles. The van der Waals surface area contributed by atoms with Crippen molar-refractivity contribution in [3.63, 3.8) is 0 Å². The minimum Gasteiger partial charge on any atom is -0.353 e. The van der Waals surface area contributed by atoms with E-state index in [9.17, 15) is 4.79 Å². The van der Waals surface area contributed by atoms with Crippen molar-refractivity contribution in [1.29, 1.82) is 0 Å². The van der Waals surface area contributed by atoms with Gasteiger partial charge in [-0.25, -0.2) is 0 Å². The zero-order valence-corrected chi connectivity index (χ0v) is 6.81. The molecule has 2 atom stereocenters. The molecule has 2 bridgehead atoms. The van der Waals surface area contributed by atoms with Crippen LogP contribution in [0.5, 0.6) is 0 Å². The van der Waals surface area contributed by atoms with Gasteiger partial charge in [-0.05, 0) is 26.3 Å². The van der Waals surface area contributed by atoms with Crippen molar-refractivity contribution in [2.45, 2.75) is 25.3 Å². The third-order valence-electron chi connectivity index (χ3n) is 2.94. The minimum absolute atomic E-state index is 0.0422. The van der Waals surface area contributed by atoms with E-state index in [1.165, 1.54) is 6.42 Å². The summed E-state index contributed by atoms with van der Waals surface area (Å²) in [4.78, 5) is 11.4. The molecule has 2 N–H and O–H groups in total. The molecule has 2 rings (SSSR count). The van der Waals surface area contributed by atoms with Crippen LogP contribution in [0.25, 0.3) is 0 Å². The highest BCUT2D eigenvalue weighted by atomic mass is 16.2. The number of hydrogen-bond donors (Lipinski definition) is 2. The summed E-state index contributed by atoms with van der Waals surface area (Å²) >= 11 is 0. The quantitative estimate of drug-likeness (QED) is 0.582. The molecule has 0 aromatic rings. The SMILES string of the molecule is CNC[C@]12CC[C@H](C1)NC2=O. The topological polar surface area (TPSA) is 41.1 Å². The highest BCUT2D eigenvalue weighted by Crippen LogP contribution is 2.42. The van der Waals surface area contributed by atoms with Crippen LogP contribution >= 0.6 is 0 Å². The van der Waals surface area contributed by atoms with Crippen LogP contribution in [0, 0.1) is 5.41 Å². The average molecular weight is 154 g/mol. The summed E-state index contributed by atoms with van der Waals surface area (Å²) in [5, 5.41) is 6.10. The number of carbonyl (C=O) groups excluding carboxylic acids is 1. The number of carbonyl (C=O) groups is 1. The van der Waals surface area contributed by atoms with Crippen molar-refractivity contribution < 1.29 is 4.79 Å². The van der Waals surface area contributed by atoms with Gasteiger partial charge in [-0.1, -0.05) is 0 Å². The maximum Gasteiger partial charge on any atom is 0.227 e. The maximum absolute atomic E-state index is 11.4. The molecule has 0 unspecified atom stereocenters. The first-order valence-electron chi connectivity index (χ1n) is 4.22. The molecule has 1 aliphatic carbocycles. The maximum atomic E-state index is 11.4. The molecule has 1 aliphatic heterocycles. The second-order valence-corrected chi connectivity index (χ2v) is 3.72. The number of hydrogen-bond acceptors (Lipinski definition) is 2. The Morgan fingerprint density at radius 3 is 3.09 bits per heavy atom. The normalized spacial score (nSPS) is 41.2. The first kappa shape index (κ1) is 7.10. The van der Waals surface area contributed by atoms with Gasteiger partial charge in [-0.3, -0.25) is 4.79 Å². The van der Waals surface area contributed by atoms with E-state index in [0.717, 1.165) is 19.4 Å². The molecule has 1 heterocycles. The zero-order valence-electron chi connectivity index (χ0n) is 6.81. The summed E-state index contributed by atoms with van der Waals surface area (Å²) in [5.74, 6) is 0.267. The van der Waals surface area contributed by atoms with Crippen LogP contribution in [0.4, 0.5) is 0 Å². The lowest BCUT2D eigenvalue weighted by Gasteiger charge is -2.23. The summed E-state index contributed by atoms with van der Waals surface area (Å²) in [5.41, 5.74) is -0.0422. The largest absolute Gasteiger partial charge is 0.353 e. The second-order valence-electron chi connectivity index (χ2n) is 3.72. The summed E-state index contributed by atoms with van der Waals surface area (Å²) in [7, 11) is 1.91. The van der Waals surface area contributed by atoms with E-state index in [2.05, 4.69) is 10.6 Å². The Morgan fingerprint density at radius 2 is 2.64 bits per heavy atom.